The summed E-state index contributed by atoms with van der Waals surface area (Å²) in [6, 6.07) is 8.58. The molecule has 0 amide bonds. The van der Waals surface area contributed by atoms with Gasteiger partial charge in [0.15, 0.2) is 15.4 Å². The van der Waals surface area contributed by atoms with Gasteiger partial charge in [0.1, 0.15) is 0 Å². The molecule has 2 N–H and O–H groups in total. The Hall–Kier alpha value is -1.42. The largest absolute Gasteiger partial charge is 0.417 e. The molecule has 0 spiro atoms. The lowest BCUT2D eigenvalue weighted by molar-refractivity contribution is -0.261. The topological polar surface area (TPSA) is 83.8 Å². The first-order valence-corrected chi connectivity index (χ1v) is 18.2. The van der Waals surface area contributed by atoms with Crippen LogP contribution in [0.5, 0.6) is 0 Å². The standard InChI is InChI=1S/C35H49F3O5S/c1-22-13-16-34(40,35(36,37)38)19-24-9-10-26-27(31(22)24)14-15-32(3)28(11-12-29(26)32)23(2)30(20-33(39)17-18-43-21-33)44(41,42)25-7-5-4-6-8-25/h4-9,22-23,26-31,39-40H,10-21H2,1-3H3/t22-,23+,26-,27+,28-,29+,30?,31?,32-,33?,34+/m1/s1. The van der Waals surface area contributed by atoms with Crippen LogP contribution in [0.15, 0.2) is 46.9 Å². The molecule has 6 rings (SSSR count). The molecule has 0 radical (unpaired) electrons. The number of aliphatic hydroxyl groups is 2. The van der Waals surface area contributed by atoms with Crippen molar-refractivity contribution in [2.75, 3.05) is 13.2 Å². The van der Waals surface area contributed by atoms with Gasteiger partial charge in [0.05, 0.1) is 22.4 Å². The number of alkyl halides is 3. The zero-order chi connectivity index (χ0) is 31.7. The third-order valence-corrected chi connectivity index (χ3v) is 15.4. The monoisotopic (exact) mass is 638 g/mol. The van der Waals surface area contributed by atoms with Gasteiger partial charge in [-0.2, -0.15) is 13.2 Å². The smallest absolute Gasteiger partial charge is 0.387 e. The van der Waals surface area contributed by atoms with E-state index in [9.17, 15) is 31.8 Å². The number of ether oxygens (including phenoxy) is 1. The minimum atomic E-state index is -4.65. The summed E-state index contributed by atoms with van der Waals surface area (Å²) in [5.41, 5.74) is -3.12. The molecule has 0 aromatic heterocycles. The molecule has 4 aliphatic carbocycles. The van der Waals surface area contributed by atoms with E-state index in [-0.39, 0.29) is 65.8 Å². The second kappa shape index (κ2) is 11.4. The maximum atomic E-state index is 14.2. The van der Waals surface area contributed by atoms with Gasteiger partial charge >= 0.3 is 6.18 Å². The third kappa shape index (κ3) is 5.39. The van der Waals surface area contributed by atoms with E-state index in [2.05, 4.69) is 20.8 Å². The van der Waals surface area contributed by atoms with Gasteiger partial charge in [0.25, 0.3) is 0 Å². The Kier molecular flexibility index (Phi) is 8.41. The van der Waals surface area contributed by atoms with Crippen LogP contribution in [-0.2, 0) is 14.6 Å². The van der Waals surface area contributed by atoms with E-state index in [1.807, 2.05) is 6.08 Å². The second-order valence-corrected chi connectivity index (χ2v) is 17.6. The summed E-state index contributed by atoms with van der Waals surface area (Å²) in [6.45, 7) is 7.03. The van der Waals surface area contributed by atoms with Gasteiger partial charge in [-0.15, -0.1) is 0 Å². The fourth-order valence-corrected chi connectivity index (χ4v) is 12.9. The Morgan fingerprint density at radius 2 is 1.75 bits per heavy atom. The zero-order valence-corrected chi connectivity index (χ0v) is 27.0. The van der Waals surface area contributed by atoms with Crippen molar-refractivity contribution in [2.24, 2.45) is 46.8 Å². The lowest BCUT2D eigenvalue weighted by Crippen LogP contribution is -2.50. The molecule has 5 nitrogen and oxygen atoms in total. The van der Waals surface area contributed by atoms with E-state index in [1.54, 1.807) is 30.3 Å². The Morgan fingerprint density at radius 3 is 2.41 bits per heavy atom. The summed E-state index contributed by atoms with van der Waals surface area (Å²) < 4.78 is 75.8. The van der Waals surface area contributed by atoms with Crippen LogP contribution in [0.3, 0.4) is 0 Å². The van der Waals surface area contributed by atoms with Crippen molar-refractivity contribution >= 4 is 9.84 Å². The molecular formula is C35H49F3O5S. The molecule has 44 heavy (non-hydrogen) atoms. The molecular weight excluding hydrogens is 589 g/mol. The normalized spacial score (nSPS) is 42.4. The van der Waals surface area contributed by atoms with Crippen molar-refractivity contribution < 1.29 is 36.5 Å². The first-order chi connectivity index (χ1) is 20.6. The van der Waals surface area contributed by atoms with E-state index < -0.39 is 32.5 Å². The minimum Gasteiger partial charge on any atom is -0.387 e. The van der Waals surface area contributed by atoms with Gasteiger partial charge < -0.3 is 14.9 Å². The van der Waals surface area contributed by atoms with Crippen LogP contribution in [0.25, 0.3) is 0 Å². The number of sulfone groups is 1. The first-order valence-electron chi connectivity index (χ1n) is 16.7. The molecule has 3 saturated carbocycles. The van der Waals surface area contributed by atoms with Crippen molar-refractivity contribution in [1.82, 2.24) is 0 Å². The van der Waals surface area contributed by atoms with E-state index in [4.69, 9.17) is 4.74 Å². The average molecular weight is 639 g/mol. The summed E-state index contributed by atoms with van der Waals surface area (Å²) in [5, 5.41) is 21.3. The molecule has 11 atom stereocenters. The number of hydrogen-bond donors (Lipinski definition) is 2. The predicted octanol–water partition coefficient (Wildman–Crippen LogP) is 7.12. The van der Waals surface area contributed by atoms with Crippen molar-refractivity contribution in [3.05, 3.63) is 42.0 Å². The molecule has 1 aliphatic heterocycles. The van der Waals surface area contributed by atoms with Crippen molar-refractivity contribution in [1.29, 1.82) is 0 Å². The molecule has 1 heterocycles. The van der Waals surface area contributed by atoms with E-state index in [1.165, 1.54) is 0 Å². The number of fused-ring (bicyclic) bond motifs is 5. The molecule has 246 valence electrons. The van der Waals surface area contributed by atoms with E-state index >= 15 is 0 Å². The Balaban J connectivity index is 1.29. The zero-order valence-electron chi connectivity index (χ0n) is 26.2. The van der Waals surface area contributed by atoms with Gasteiger partial charge in [0, 0.05) is 19.4 Å². The van der Waals surface area contributed by atoms with Crippen LogP contribution in [0.4, 0.5) is 13.2 Å². The van der Waals surface area contributed by atoms with Crippen LogP contribution in [0.1, 0.15) is 85.0 Å². The SMILES string of the molecule is C[C@@H]1CC[C@@](O)(C(F)(F)F)CC2=CC[C@@H]3[C@H](CC[C@]4(C)[C@@H]([C@H](C)C(CC5(O)CCOC5)S(=O)(=O)c5ccccc5)CC[C@@H]34)C21. The second-order valence-electron chi connectivity index (χ2n) is 15.4. The quantitative estimate of drug-likeness (QED) is 0.324. The van der Waals surface area contributed by atoms with Crippen molar-refractivity contribution in [3.8, 4) is 0 Å². The highest BCUT2D eigenvalue weighted by atomic mass is 32.2. The Labute approximate surface area is 260 Å². The van der Waals surface area contributed by atoms with Gasteiger partial charge in [-0.25, -0.2) is 8.42 Å². The fourth-order valence-electron chi connectivity index (χ4n) is 10.8. The van der Waals surface area contributed by atoms with Gasteiger partial charge in [-0.1, -0.05) is 50.6 Å². The summed E-state index contributed by atoms with van der Waals surface area (Å²) in [6.07, 6.45) is 2.18. The first kappa shape index (κ1) is 32.5. The summed E-state index contributed by atoms with van der Waals surface area (Å²) in [7, 11) is -3.74. The molecule has 1 aromatic rings. The minimum absolute atomic E-state index is 0.0500. The van der Waals surface area contributed by atoms with Gasteiger partial charge in [-0.3, -0.25) is 0 Å². The van der Waals surface area contributed by atoms with E-state index in [0.717, 1.165) is 37.7 Å². The summed E-state index contributed by atoms with van der Waals surface area (Å²) in [4.78, 5) is 0.286. The highest BCUT2D eigenvalue weighted by Gasteiger charge is 2.61. The summed E-state index contributed by atoms with van der Waals surface area (Å²) in [5.74, 6) is 1.07. The van der Waals surface area contributed by atoms with Crippen LogP contribution in [-0.4, -0.2) is 54.5 Å². The number of allylic oxidation sites excluding steroid dienone is 1. The number of halogens is 3. The fraction of sp³-hybridized carbons (Fsp3) is 0.771. The van der Waals surface area contributed by atoms with Gasteiger partial charge in [-0.05, 0) is 110 Å². The molecule has 3 unspecified atom stereocenters. The molecule has 1 aromatic carbocycles. The molecule has 0 bridgehead atoms. The molecule has 9 heteroatoms. The molecule has 1 saturated heterocycles. The molecule has 4 fully saturated rings. The average Bonchev–Trinajstić information content (AvgIpc) is 3.53. The number of hydrogen-bond acceptors (Lipinski definition) is 5. The van der Waals surface area contributed by atoms with Crippen molar-refractivity contribution in [2.45, 2.75) is 113 Å². The highest BCUT2D eigenvalue weighted by molar-refractivity contribution is 7.92. The lowest BCUT2D eigenvalue weighted by atomic mass is 9.51. The number of benzene rings is 1. The Bertz CT molecular complexity index is 1340. The van der Waals surface area contributed by atoms with Crippen LogP contribution in [0.2, 0.25) is 0 Å². The predicted molar refractivity (Wildman–Crippen MR) is 162 cm³/mol. The van der Waals surface area contributed by atoms with Crippen LogP contribution < -0.4 is 0 Å². The highest BCUT2D eigenvalue weighted by Crippen LogP contribution is 2.66. The Morgan fingerprint density at radius 1 is 1.02 bits per heavy atom. The molecule has 5 aliphatic rings. The lowest BCUT2D eigenvalue weighted by Gasteiger charge is -2.54. The summed E-state index contributed by atoms with van der Waals surface area (Å²) >= 11 is 0. The van der Waals surface area contributed by atoms with Crippen LogP contribution in [0, 0.1) is 46.8 Å². The van der Waals surface area contributed by atoms with E-state index in [0.29, 0.717) is 31.3 Å². The maximum absolute atomic E-state index is 14.2. The maximum Gasteiger partial charge on any atom is 0.417 e. The number of rotatable bonds is 6. The van der Waals surface area contributed by atoms with Crippen molar-refractivity contribution in [3.63, 3.8) is 0 Å². The van der Waals surface area contributed by atoms with Crippen LogP contribution >= 0.6 is 0 Å². The van der Waals surface area contributed by atoms with Gasteiger partial charge in [0.2, 0.25) is 0 Å². The third-order valence-electron chi connectivity index (χ3n) is 13.1.